The van der Waals surface area contributed by atoms with E-state index in [2.05, 4.69) is 9.80 Å². The highest BCUT2D eigenvalue weighted by atomic mass is 15.3. The molecule has 0 N–H and O–H groups in total. The number of hydrogen-bond acceptors (Lipinski definition) is 2. The van der Waals surface area contributed by atoms with E-state index in [9.17, 15) is 0 Å². The molecule has 0 radical (unpaired) electrons. The smallest absolute Gasteiger partial charge is 0.156 e. The Morgan fingerprint density at radius 3 is 0.714 bits per heavy atom. The fourth-order valence-electron chi connectivity index (χ4n) is 15.6. The van der Waals surface area contributed by atoms with Gasteiger partial charge < -0.3 is 0 Å². The lowest BCUT2D eigenvalue weighted by Crippen LogP contribution is -2.72. The van der Waals surface area contributed by atoms with Crippen molar-refractivity contribution in [3.8, 4) is 0 Å². The molecule has 0 spiro atoms. The molecule has 56 heavy (non-hydrogen) atoms. The number of hydrogen-bond donors (Lipinski definition) is 0. The molecule has 2 saturated heterocycles. The van der Waals surface area contributed by atoms with Crippen molar-refractivity contribution in [3.63, 3.8) is 0 Å². The zero-order valence-electron chi connectivity index (χ0n) is 37.8. The maximum Gasteiger partial charge on any atom is 0.156 e. The van der Waals surface area contributed by atoms with Crippen LogP contribution in [0.5, 0.6) is 0 Å². The lowest BCUT2D eigenvalue weighted by molar-refractivity contribution is -0.0303. The maximum atomic E-state index is 3.56. The summed E-state index contributed by atoms with van der Waals surface area (Å²) < 4.78 is 0. The minimum atomic E-state index is 0.863. The summed E-state index contributed by atoms with van der Waals surface area (Å²) in [7, 11) is 0. The Morgan fingerprint density at radius 2 is 0.429 bits per heavy atom. The molecule has 7 fully saturated rings. The standard InChI is InChI=1S/C53H97BN2/c1-2-12-20-33-43-51-53-52(44-34-21-13-3-1)56(46-37-27-17-10-6-7-11-18-28-38-46)50-42-32-24-23-30-40-48(50)54(53)47-39-29-19-14-22-31-41-49(47)55(51)45-35-25-15-8-4-5-9-16-26-36-45/h45-53H,1-44H2. The molecular weight excluding hydrogens is 675 g/mol. The molecule has 0 amide bonds. The summed E-state index contributed by atoms with van der Waals surface area (Å²) in [6.45, 7) is 1.02. The predicted octanol–water partition coefficient (Wildman–Crippen LogP) is 16.7. The van der Waals surface area contributed by atoms with Gasteiger partial charge in [-0.15, -0.1) is 0 Å². The zero-order chi connectivity index (χ0) is 38.0. The number of rotatable bonds is 2. The zero-order valence-corrected chi connectivity index (χ0v) is 37.8. The molecule has 0 aromatic carbocycles. The fraction of sp³-hybridized carbons (Fsp3) is 1.00. The highest BCUT2D eigenvalue weighted by Gasteiger charge is 2.61. The van der Waals surface area contributed by atoms with Gasteiger partial charge in [-0.25, -0.2) is 0 Å². The second-order valence-corrected chi connectivity index (χ2v) is 21.9. The van der Waals surface area contributed by atoms with Crippen LogP contribution in [0.1, 0.15) is 283 Å². The molecule has 3 heteroatoms. The van der Waals surface area contributed by atoms with Gasteiger partial charge in [0, 0.05) is 36.3 Å². The van der Waals surface area contributed by atoms with Gasteiger partial charge in [0.2, 0.25) is 0 Å². The first-order valence-corrected chi connectivity index (χ1v) is 27.5. The van der Waals surface area contributed by atoms with Gasteiger partial charge in [0.25, 0.3) is 0 Å². The summed E-state index contributed by atoms with van der Waals surface area (Å²) in [6.07, 6.45) is 67.0. The molecule has 2 aliphatic heterocycles. The highest BCUT2D eigenvalue weighted by Crippen LogP contribution is 2.59. The molecular formula is C53H97BN2. The molecule has 0 bridgehead atoms. The fourth-order valence-corrected chi connectivity index (χ4v) is 15.6. The van der Waals surface area contributed by atoms with Crippen LogP contribution in [0.2, 0.25) is 17.5 Å². The molecule has 7 rings (SSSR count). The van der Waals surface area contributed by atoms with E-state index in [1.807, 2.05) is 0 Å². The third-order valence-electron chi connectivity index (χ3n) is 18.2. The summed E-state index contributed by atoms with van der Waals surface area (Å²) >= 11 is 0. The van der Waals surface area contributed by atoms with Gasteiger partial charge in [0.05, 0.1) is 0 Å². The SMILES string of the molecule is C1CCCCCC2C3B(C4CCCCCCCC4N2C2CCCCCCCCCC2)C2CCCCCCC2N(C2CCCCCCCCCC2)C3CCCCC1. The van der Waals surface area contributed by atoms with E-state index in [0.717, 1.165) is 60.4 Å². The molecule has 5 saturated carbocycles. The molecule has 7 atom stereocenters. The molecule has 2 nitrogen and oxygen atoms in total. The van der Waals surface area contributed by atoms with E-state index < -0.39 is 0 Å². The first kappa shape index (κ1) is 44.1. The van der Waals surface area contributed by atoms with E-state index in [4.69, 9.17) is 0 Å². The van der Waals surface area contributed by atoms with Crippen LogP contribution < -0.4 is 0 Å². The molecule has 2 heterocycles. The monoisotopic (exact) mass is 773 g/mol. The summed E-state index contributed by atoms with van der Waals surface area (Å²) in [5.41, 5.74) is 0. The highest BCUT2D eigenvalue weighted by molar-refractivity contribution is 6.65. The van der Waals surface area contributed by atoms with Crippen molar-refractivity contribution in [1.82, 2.24) is 9.80 Å². The van der Waals surface area contributed by atoms with Crippen molar-refractivity contribution in [1.29, 1.82) is 0 Å². The van der Waals surface area contributed by atoms with Crippen LogP contribution in [0.3, 0.4) is 0 Å². The van der Waals surface area contributed by atoms with Crippen molar-refractivity contribution in [2.24, 2.45) is 0 Å². The van der Waals surface area contributed by atoms with E-state index >= 15 is 0 Å². The summed E-state index contributed by atoms with van der Waals surface area (Å²) in [4.78, 5) is 7.12. The van der Waals surface area contributed by atoms with Crippen molar-refractivity contribution >= 4 is 6.71 Å². The Kier molecular flexibility index (Phi) is 19.7. The van der Waals surface area contributed by atoms with E-state index in [-0.39, 0.29) is 0 Å². The molecule has 0 aromatic heterocycles. The van der Waals surface area contributed by atoms with E-state index in [0.29, 0.717) is 0 Å². The van der Waals surface area contributed by atoms with E-state index in [1.165, 1.54) is 231 Å². The largest absolute Gasteiger partial charge is 0.295 e. The third-order valence-corrected chi connectivity index (χ3v) is 18.2. The average Bonchev–Trinajstić information content (AvgIpc) is 3.22. The van der Waals surface area contributed by atoms with Gasteiger partial charge in [-0.2, -0.15) is 0 Å². The van der Waals surface area contributed by atoms with Crippen LogP contribution in [0.25, 0.3) is 0 Å². The van der Waals surface area contributed by atoms with Gasteiger partial charge in [0.15, 0.2) is 6.71 Å². The maximum absolute atomic E-state index is 3.56. The van der Waals surface area contributed by atoms with Crippen LogP contribution >= 0.6 is 0 Å². The molecule has 7 unspecified atom stereocenters. The lowest BCUT2D eigenvalue weighted by Gasteiger charge is -2.66. The van der Waals surface area contributed by atoms with Crippen LogP contribution in [0.4, 0.5) is 0 Å². The minimum absolute atomic E-state index is 0.863. The Morgan fingerprint density at radius 1 is 0.214 bits per heavy atom. The van der Waals surface area contributed by atoms with Gasteiger partial charge in [0.1, 0.15) is 0 Å². The van der Waals surface area contributed by atoms with Crippen molar-refractivity contribution in [2.75, 3.05) is 0 Å². The van der Waals surface area contributed by atoms with Crippen molar-refractivity contribution in [3.05, 3.63) is 0 Å². The Balaban J connectivity index is 1.34. The topological polar surface area (TPSA) is 6.48 Å². The van der Waals surface area contributed by atoms with Gasteiger partial charge >= 0.3 is 0 Å². The quantitative estimate of drug-likeness (QED) is 0.258. The first-order valence-electron chi connectivity index (χ1n) is 27.5. The average molecular weight is 773 g/mol. The second-order valence-electron chi connectivity index (χ2n) is 21.9. The summed E-state index contributed by atoms with van der Waals surface area (Å²) in [5.74, 6) is 2.91. The third kappa shape index (κ3) is 12.3. The summed E-state index contributed by atoms with van der Waals surface area (Å²) in [6, 6.07) is 5.25. The van der Waals surface area contributed by atoms with Crippen molar-refractivity contribution in [2.45, 2.75) is 336 Å². The minimum Gasteiger partial charge on any atom is -0.295 e. The van der Waals surface area contributed by atoms with Gasteiger partial charge in [-0.1, -0.05) is 231 Å². The number of fused-ring (bicyclic) bond motifs is 4. The van der Waals surface area contributed by atoms with Crippen LogP contribution in [-0.4, -0.2) is 52.8 Å². The predicted molar refractivity (Wildman–Crippen MR) is 247 cm³/mol. The molecule has 0 aromatic rings. The van der Waals surface area contributed by atoms with Crippen LogP contribution in [0.15, 0.2) is 0 Å². The molecule has 7 aliphatic rings. The second kappa shape index (κ2) is 25.0. The first-order chi connectivity index (χ1) is 27.9. The normalized spacial score (nSPS) is 36.9. The summed E-state index contributed by atoms with van der Waals surface area (Å²) in [5, 5.41) is 0. The Hall–Kier alpha value is -0.0151. The van der Waals surface area contributed by atoms with Crippen LogP contribution in [0, 0.1) is 0 Å². The van der Waals surface area contributed by atoms with Gasteiger partial charge in [-0.05, 0) is 68.8 Å². The number of nitrogens with zero attached hydrogens (tertiary/aromatic N) is 2. The Bertz CT molecular complexity index is 1010. The van der Waals surface area contributed by atoms with Gasteiger partial charge in [-0.3, -0.25) is 9.80 Å². The lowest BCUT2D eigenvalue weighted by atomic mass is 9.19. The van der Waals surface area contributed by atoms with Crippen molar-refractivity contribution < 1.29 is 0 Å². The molecule has 5 aliphatic carbocycles. The van der Waals surface area contributed by atoms with Crippen LogP contribution in [-0.2, 0) is 0 Å². The Labute approximate surface area is 351 Å². The molecule has 322 valence electrons. The van der Waals surface area contributed by atoms with E-state index in [1.54, 1.807) is 51.4 Å².